The molecule has 0 bridgehead atoms. The van der Waals surface area contributed by atoms with E-state index in [2.05, 4.69) is 5.32 Å². The third kappa shape index (κ3) is 6.36. The van der Waals surface area contributed by atoms with Crippen molar-refractivity contribution in [2.24, 2.45) is 0 Å². The summed E-state index contributed by atoms with van der Waals surface area (Å²) in [5, 5.41) is 2.47. The molecule has 30 heavy (non-hydrogen) atoms. The molecule has 0 unspecified atom stereocenters. The van der Waals surface area contributed by atoms with Crippen LogP contribution in [0.1, 0.15) is 43.6 Å². The summed E-state index contributed by atoms with van der Waals surface area (Å²) in [5.41, 5.74) is -1.63. The molecule has 0 saturated carbocycles. The molecule has 0 radical (unpaired) electrons. The summed E-state index contributed by atoms with van der Waals surface area (Å²) in [6, 6.07) is 3.45. The molecule has 1 atom stereocenters. The van der Waals surface area contributed by atoms with Crippen LogP contribution in [-0.4, -0.2) is 65.5 Å². The molecule has 1 N–H and O–H groups in total. The molecule has 3 amide bonds. The molecule has 1 aromatic carbocycles. The van der Waals surface area contributed by atoms with Gasteiger partial charge in [0.15, 0.2) is 0 Å². The SMILES string of the molecule is C[C@@H](NC(=O)OC(C)(C)C)C(=O)N1CCN(C(=O)c2cccc(C(F)(F)F)c2)CC1. The fourth-order valence-corrected chi connectivity index (χ4v) is 2.96. The van der Waals surface area contributed by atoms with Gasteiger partial charge in [0.2, 0.25) is 5.91 Å². The fraction of sp³-hybridized carbons (Fsp3) is 0.550. The standard InChI is InChI=1S/C20H26F3N3O4/c1-13(24-18(29)30-19(2,3)4)16(27)25-8-10-26(11-9-25)17(28)14-6-5-7-15(12-14)20(21,22)23/h5-7,12-13H,8-11H2,1-4H3,(H,24,29)/t13-/m1/s1. The number of halogens is 3. The minimum absolute atomic E-state index is 0.0513. The van der Waals surface area contributed by atoms with E-state index in [4.69, 9.17) is 4.74 Å². The molecular formula is C20H26F3N3O4. The van der Waals surface area contributed by atoms with Crippen molar-refractivity contribution in [3.05, 3.63) is 35.4 Å². The van der Waals surface area contributed by atoms with Crippen molar-refractivity contribution in [3.8, 4) is 0 Å². The predicted molar refractivity (Wildman–Crippen MR) is 103 cm³/mol. The van der Waals surface area contributed by atoms with Crippen LogP contribution in [-0.2, 0) is 15.7 Å². The molecule has 1 aliphatic rings. The van der Waals surface area contributed by atoms with E-state index in [1.807, 2.05) is 0 Å². The summed E-state index contributed by atoms with van der Waals surface area (Å²) in [6.07, 6.45) is -5.24. The average molecular weight is 429 g/mol. The maximum atomic E-state index is 12.9. The van der Waals surface area contributed by atoms with Crippen LogP contribution in [0.5, 0.6) is 0 Å². The van der Waals surface area contributed by atoms with E-state index in [9.17, 15) is 27.6 Å². The highest BCUT2D eigenvalue weighted by Gasteiger charge is 2.32. The Morgan fingerprint density at radius 2 is 1.60 bits per heavy atom. The van der Waals surface area contributed by atoms with Crippen LogP contribution >= 0.6 is 0 Å². The number of alkyl carbamates (subject to hydrolysis) is 1. The third-order valence-corrected chi connectivity index (χ3v) is 4.42. The first-order valence-corrected chi connectivity index (χ1v) is 9.53. The average Bonchev–Trinajstić information content (AvgIpc) is 2.64. The lowest BCUT2D eigenvalue weighted by Crippen LogP contribution is -2.55. The van der Waals surface area contributed by atoms with E-state index < -0.39 is 35.4 Å². The summed E-state index contributed by atoms with van der Waals surface area (Å²) in [5.74, 6) is -0.847. The number of alkyl halides is 3. The zero-order valence-electron chi connectivity index (χ0n) is 17.4. The zero-order valence-corrected chi connectivity index (χ0v) is 17.4. The molecule has 1 aliphatic heterocycles. The van der Waals surface area contributed by atoms with Crippen molar-refractivity contribution < 1.29 is 32.3 Å². The van der Waals surface area contributed by atoms with E-state index in [-0.39, 0.29) is 37.6 Å². The quantitative estimate of drug-likeness (QED) is 0.802. The van der Waals surface area contributed by atoms with E-state index in [1.165, 1.54) is 28.9 Å². The van der Waals surface area contributed by atoms with Gasteiger partial charge in [-0.1, -0.05) is 6.07 Å². The number of amides is 3. The number of hydrogen-bond acceptors (Lipinski definition) is 4. The normalized spacial score (nSPS) is 16.1. The molecule has 0 aliphatic carbocycles. The molecular weight excluding hydrogens is 403 g/mol. The number of hydrogen-bond donors (Lipinski definition) is 1. The van der Waals surface area contributed by atoms with Gasteiger partial charge in [0.05, 0.1) is 5.56 Å². The Morgan fingerprint density at radius 3 is 2.13 bits per heavy atom. The summed E-state index contributed by atoms with van der Waals surface area (Å²) >= 11 is 0. The topological polar surface area (TPSA) is 79.0 Å². The Labute approximate surface area is 173 Å². The number of benzene rings is 1. The zero-order chi connectivity index (χ0) is 22.7. The molecule has 1 fully saturated rings. The van der Waals surface area contributed by atoms with Gasteiger partial charge in [-0.05, 0) is 45.9 Å². The summed E-state index contributed by atoms with van der Waals surface area (Å²) in [6.45, 7) is 7.44. The first kappa shape index (κ1) is 23.5. The smallest absolute Gasteiger partial charge is 0.416 e. The molecule has 2 rings (SSSR count). The van der Waals surface area contributed by atoms with Gasteiger partial charge in [-0.15, -0.1) is 0 Å². The minimum atomic E-state index is -4.53. The van der Waals surface area contributed by atoms with Crippen LogP contribution < -0.4 is 5.32 Å². The van der Waals surface area contributed by atoms with Gasteiger partial charge in [0.25, 0.3) is 5.91 Å². The van der Waals surface area contributed by atoms with Gasteiger partial charge in [0, 0.05) is 31.7 Å². The Hall–Kier alpha value is -2.78. The first-order valence-electron chi connectivity index (χ1n) is 9.53. The number of piperazine rings is 1. The molecule has 7 nitrogen and oxygen atoms in total. The van der Waals surface area contributed by atoms with Crippen molar-refractivity contribution in [1.29, 1.82) is 0 Å². The highest BCUT2D eigenvalue weighted by molar-refractivity contribution is 5.94. The molecule has 0 spiro atoms. The summed E-state index contributed by atoms with van der Waals surface area (Å²) in [4.78, 5) is 39.8. The number of rotatable bonds is 3. The highest BCUT2D eigenvalue weighted by Crippen LogP contribution is 2.29. The van der Waals surface area contributed by atoms with Gasteiger partial charge < -0.3 is 19.9 Å². The summed E-state index contributed by atoms with van der Waals surface area (Å²) < 4.78 is 43.7. The van der Waals surface area contributed by atoms with E-state index in [1.54, 1.807) is 20.8 Å². The Kier molecular flexibility index (Phi) is 6.99. The molecule has 0 aromatic heterocycles. The lowest BCUT2D eigenvalue weighted by atomic mass is 10.1. The number of nitrogens with one attached hydrogen (secondary N) is 1. The van der Waals surface area contributed by atoms with E-state index in [0.29, 0.717) is 0 Å². The fourth-order valence-electron chi connectivity index (χ4n) is 2.96. The van der Waals surface area contributed by atoms with Crippen molar-refractivity contribution in [1.82, 2.24) is 15.1 Å². The van der Waals surface area contributed by atoms with Gasteiger partial charge >= 0.3 is 12.3 Å². The van der Waals surface area contributed by atoms with Crippen LogP contribution in [0.4, 0.5) is 18.0 Å². The minimum Gasteiger partial charge on any atom is -0.444 e. The molecule has 10 heteroatoms. The van der Waals surface area contributed by atoms with Crippen LogP contribution in [0.2, 0.25) is 0 Å². The van der Waals surface area contributed by atoms with Gasteiger partial charge in [-0.3, -0.25) is 9.59 Å². The van der Waals surface area contributed by atoms with Crippen LogP contribution in [0.15, 0.2) is 24.3 Å². The van der Waals surface area contributed by atoms with Crippen molar-refractivity contribution in [2.45, 2.75) is 45.5 Å². The van der Waals surface area contributed by atoms with Crippen LogP contribution in [0.25, 0.3) is 0 Å². The predicted octanol–water partition coefficient (Wildman–Crippen LogP) is 2.90. The van der Waals surface area contributed by atoms with E-state index >= 15 is 0 Å². The molecule has 166 valence electrons. The molecule has 1 saturated heterocycles. The lowest BCUT2D eigenvalue weighted by Gasteiger charge is -2.36. The maximum Gasteiger partial charge on any atom is 0.416 e. The van der Waals surface area contributed by atoms with Crippen molar-refractivity contribution in [3.63, 3.8) is 0 Å². The second-order valence-corrected chi connectivity index (χ2v) is 8.06. The van der Waals surface area contributed by atoms with Crippen molar-refractivity contribution in [2.75, 3.05) is 26.2 Å². The van der Waals surface area contributed by atoms with Gasteiger partial charge in [-0.2, -0.15) is 13.2 Å². The molecule has 1 aromatic rings. The third-order valence-electron chi connectivity index (χ3n) is 4.42. The van der Waals surface area contributed by atoms with E-state index in [0.717, 1.165) is 12.1 Å². The number of ether oxygens (including phenoxy) is 1. The Balaban J connectivity index is 1.92. The highest BCUT2D eigenvalue weighted by atomic mass is 19.4. The maximum absolute atomic E-state index is 12.9. The molecule has 1 heterocycles. The first-order chi connectivity index (χ1) is 13.8. The number of carbonyl (C=O) groups excluding carboxylic acids is 3. The Bertz CT molecular complexity index is 797. The van der Waals surface area contributed by atoms with Crippen LogP contribution in [0.3, 0.4) is 0 Å². The lowest BCUT2D eigenvalue weighted by molar-refractivity contribution is -0.137. The Morgan fingerprint density at radius 1 is 1.03 bits per heavy atom. The largest absolute Gasteiger partial charge is 0.444 e. The van der Waals surface area contributed by atoms with Gasteiger partial charge in [0.1, 0.15) is 11.6 Å². The van der Waals surface area contributed by atoms with Crippen molar-refractivity contribution >= 4 is 17.9 Å². The second-order valence-electron chi connectivity index (χ2n) is 8.06. The number of nitrogens with zero attached hydrogens (tertiary/aromatic N) is 2. The monoisotopic (exact) mass is 429 g/mol. The van der Waals surface area contributed by atoms with Gasteiger partial charge in [-0.25, -0.2) is 4.79 Å². The summed E-state index contributed by atoms with van der Waals surface area (Å²) in [7, 11) is 0. The second kappa shape index (κ2) is 8.93. The van der Waals surface area contributed by atoms with Crippen LogP contribution in [0, 0.1) is 0 Å². The number of carbonyl (C=O) groups is 3.